The van der Waals surface area contributed by atoms with Crippen LogP contribution in [0.5, 0.6) is 0 Å². The molecule has 0 unspecified atom stereocenters. The van der Waals surface area contributed by atoms with Crippen LogP contribution in [0.1, 0.15) is 0 Å². The van der Waals surface area contributed by atoms with Crippen LogP contribution in [0.25, 0.3) is 0 Å². The summed E-state index contributed by atoms with van der Waals surface area (Å²) in [4.78, 5) is 3.16. The van der Waals surface area contributed by atoms with E-state index in [-0.39, 0.29) is 13.2 Å². The molecule has 0 fully saturated rings. The molecular formula is C6H6Br4ClO3P. The van der Waals surface area contributed by atoms with Gasteiger partial charge in [0.2, 0.25) is 0 Å². The van der Waals surface area contributed by atoms with Crippen molar-refractivity contribution in [3.8, 4) is 0 Å². The van der Waals surface area contributed by atoms with Crippen molar-refractivity contribution in [3.05, 3.63) is 18.9 Å². The number of hydrogen-bond acceptors (Lipinski definition) is 3. The van der Waals surface area contributed by atoms with Crippen LogP contribution in [-0.2, 0) is 13.6 Å². The van der Waals surface area contributed by atoms with Gasteiger partial charge in [-0.25, -0.2) is 4.57 Å². The topological polar surface area (TPSA) is 35.5 Å². The standard InChI is InChI=1S/C6H6Br4ClO3P/c7-1-5(9)3-13-15(11,12)14-4-6(10)2-8/h1-2H,3-4H2/b5-1-,6-2-. The second-order valence-electron chi connectivity index (χ2n) is 2.09. The molecule has 3 nitrogen and oxygen atoms in total. The van der Waals surface area contributed by atoms with E-state index in [0.717, 1.165) is 0 Å². The highest BCUT2D eigenvalue weighted by Gasteiger charge is 2.21. The zero-order valence-corrected chi connectivity index (χ0v) is 15.1. The molecular weight excluding hydrogens is 506 g/mol. The van der Waals surface area contributed by atoms with E-state index in [9.17, 15) is 4.57 Å². The summed E-state index contributed by atoms with van der Waals surface area (Å²) in [5.74, 6) is 0. The fourth-order valence-electron chi connectivity index (χ4n) is 0.378. The van der Waals surface area contributed by atoms with Crippen LogP contribution >= 0.6 is 81.9 Å². The molecule has 88 valence electrons. The van der Waals surface area contributed by atoms with Gasteiger partial charge in [-0.05, 0) is 9.97 Å². The van der Waals surface area contributed by atoms with Gasteiger partial charge in [0, 0.05) is 20.2 Å². The summed E-state index contributed by atoms with van der Waals surface area (Å²) >= 11 is 18.0. The van der Waals surface area contributed by atoms with Gasteiger partial charge >= 0.3 is 6.95 Å². The molecule has 0 aliphatic rings. The number of hydrogen-bond donors (Lipinski definition) is 0. The molecule has 0 radical (unpaired) electrons. The first-order valence-electron chi connectivity index (χ1n) is 3.39. The van der Waals surface area contributed by atoms with Gasteiger partial charge in [-0.2, -0.15) is 0 Å². The van der Waals surface area contributed by atoms with Crippen molar-refractivity contribution in [2.75, 3.05) is 13.2 Å². The number of halogens is 5. The van der Waals surface area contributed by atoms with E-state index in [0.29, 0.717) is 8.96 Å². The first-order chi connectivity index (χ1) is 6.91. The minimum Gasteiger partial charge on any atom is -0.292 e. The lowest BCUT2D eigenvalue weighted by Gasteiger charge is -2.10. The smallest absolute Gasteiger partial charge is 0.292 e. The molecule has 0 aromatic rings. The van der Waals surface area contributed by atoms with Crippen LogP contribution in [0.4, 0.5) is 0 Å². The fraction of sp³-hybridized carbons (Fsp3) is 0.333. The largest absolute Gasteiger partial charge is 0.424 e. The lowest BCUT2D eigenvalue weighted by atomic mass is 10.7. The minimum absolute atomic E-state index is 0.0711. The summed E-state index contributed by atoms with van der Waals surface area (Å²) in [5.41, 5.74) is 0. The maximum Gasteiger partial charge on any atom is 0.424 e. The van der Waals surface area contributed by atoms with E-state index in [2.05, 4.69) is 63.7 Å². The third-order valence-electron chi connectivity index (χ3n) is 0.950. The monoisotopic (exact) mass is 508 g/mol. The Morgan fingerprint density at radius 2 is 1.47 bits per heavy atom. The van der Waals surface area contributed by atoms with E-state index in [1.54, 1.807) is 9.97 Å². The quantitative estimate of drug-likeness (QED) is 0.433. The normalized spacial score (nSPS) is 14.5. The molecule has 0 atom stereocenters. The Labute approximate surface area is 126 Å². The molecule has 0 N–H and O–H groups in total. The maximum atomic E-state index is 11.4. The lowest BCUT2D eigenvalue weighted by molar-refractivity contribution is 0.251. The van der Waals surface area contributed by atoms with Gasteiger partial charge in [-0.3, -0.25) is 9.05 Å². The summed E-state index contributed by atoms with van der Waals surface area (Å²) in [6.07, 6.45) is 0. The van der Waals surface area contributed by atoms with E-state index in [1.165, 1.54) is 0 Å². The molecule has 9 heteroatoms. The summed E-state index contributed by atoms with van der Waals surface area (Å²) in [7, 11) is 0. The van der Waals surface area contributed by atoms with Gasteiger partial charge in [0.15, 0.2) is 0 Å². The van der Waals surface area contributed by atoms with Gasteiger partial charge in [0.25, 0.3) is 0 Å². The Balaban J connectivity index is 4.03. The van der Waals surface area contributed by atoms with Crippen LogP contribution < -0.4 is 0 Å². The molecule has 0 amide bonds. The highest BCUT2D eigenvalue weighted by molar-refractivity contribution is 9.14. The first kappa shape index (κ1) is 16.8. The summed E-state index contributed by atoms with van der Waals surface area (Å²) in [5, 5.41) is 0. The Morgan fingerprint density at radius 3 is 1.73 bits per heavy atom. The molecule has 0 aromatic carbocycles. The van der Waals surface area contributed by atoms with Crippen molar-refractivity contribution < 1.29 is 13.6 Å². The van der Waals surface area contributed by atoms with Crippen LogP contribution in [-0.4, -0.2) is 13.2 Å². The Kier molecular flexibility index (Phi) is 9.95. The molecule has 0 aliphatic heterocycles. The summed E-state index contributed by atoms with van der Waals surface area (Å²) in [6.45, 7) is -3.40. The van der Waals surface area contributed by atoms with Gasteiger partial charge < -0.3 is 0 Å². The average Bonchev–Trinajstić information content (AvgIpc) is 2.22. The van der Waals surface area contributed by atoms with E-state index in [4.69, 9.17) is 20.3 Å². The molecule has 15 heavy (non-hydrogen) atoms. The van der Waals surface area contributed by atoms with Crippen molar-refractivity contribution in [2.45, 2.75) is 0 Å². The highest BCUT2D eigenvalue weighted by atomic mass is 79.9. The van der Waals surface area contributed by atoms with Crippen LogP contribution in [0.3, 0.4) is 0 Å². The molecule has 0 saturated carbocycles. The third-order valence-corrected chi connectivity index (χ3v) is 5.66. The predicted octanol–water partition coefficient (Wildman–Crippen LogP) is 5.63. The van der Waals surface area contributed by atoms with Crippen LogP contribution in [0.15, 0.2) is 18.9 Å². The molecule has 0 rings (SSSR count). The van der Waals surface area contributed by atoms with Gasteiger partial charge in [-0.15, -0.1) is 0 Å². The summed E-state index contributed by atoms with van der Waals surface area (Å²) in [6, 6.07) is 0. The zero-order chi connectivity index (χ0) is 11.9. The van der Waals surface area contributed by atoms with Gasteiger partial charge in [-0.1, -0.05) is 63.7 Å². The molecule has 0 bridgehead atoms. The second-order valence-corrected chi connectivity index (χ2v) is 7.66. The molecule has 0 aromatic heterocycles. The molecule has 0 spiro atoms. The van der Waals surface area contributed by atoms with Crippen LogP contribution in [0, 0.1) is 0 Å². The molecule has 0 saturated heterocycles. The van der Waals surface area contributed by atoms with Crippen molar-refractivity contribution in [1.82, 2.24) is 0 Å². The maximum absolute atomic E-state index is 11.4. The van der Waals surface area contributed by atoms with Gasteiger partial charge in [0.1, 0.15) is 0 Å². The third kappa shape index (κ3) is 9.53. The molecule has 0 heterocycles. The number of rotatable bonds is 6. The zero-order valence-electron chi connectivity index (χ0n) is 7.13. The van der Waals surface area contributed by atoms with E-state index in [1.807, 2.05) is 0 Å². The summed E-state index contributed by atoms with van der Waals surface area (Å²) < 4.78 is 22.5. The first-order valence-corrected chi connectivity index (χ1v) is 9.26. The van der Waals surface area contributed by atoms with E-state index >= 15 is 0 Å². The fourth-order valence-corrected chi connectivity index (χ4v) is 2.18. The lowest BCUT2D eigenvalue weighted by Crippen LogP contribution is -1.94. The van der Waals surface area contributed by atoms with Gasteiger partial charge in [0.05, 0.1) is 13.2 Å². The Hall–Kier alpha value is 1.84. The van der Waals surface area contributed by atoms with Crippen molar-refractivity contribution in [1.29, 1.82) is 0 Å². The van der Waals surface area contributed by atoms with Crippen molar-refractivity contribution in [2.24, 2.45) is 0 Å². The predicted molar refractivity (Wildman–Crippen MR) is 77.2 cm³/mol. The average molecular weight is 512 g/mol. The van der Waals surface area contributed by atoms with Crippen LogP contribution in [0.2, 0.25) is 0 Å². The Bertz CT molecular complexity index is 281. The second kappa shape index (κ2) is 8.86. The molecule has 0 aliphatic carbocycles. The highest BCUT2D eigenvalue weighted by Crippen LogP contribution is 2.54. The SMILES string of the molecule is O=P(Cl)(OC/C(Br)=C/Br)OC/C(Br)=C/Br. The Morgan fingerprint density at radius 1 is 1.13 bits per heavy atom. The van der Waals surface area contributed by atoms with Crippen molar-refractivity contribution >= 4 is 81.9 Å². The van der Waals surface area contributed by atoms with Crippen molar-refractivity contribution in [3.63, 3.8) is 0 Å². The minimum atomic E-state index is -3.54. The van der Waals surface area contributed by atoms with E-state index < -0.39 is 6.95 Å².